The number of hydrogen-bond donors (Lipinski definition) is 1. The monoisotopic (exact) mass is 398 g/mol. The molecule has 0 bridgehead atoms. The van der Waals surface area contributed by atoms with Gasteiger partial charge in [0.25, 0.3) is 5.91 Å². The first-order valence-corrected chi connectivity index (χ1v) is 8.35. The Kier molecular flexibility index (Phi) is 5.64. The minimum Gasteiger partial charge on any atom is -0.488 e. The summed E-state index contributed by atoms with van der Waals surface area (Å²) in [6, 6.07) is 18.3. The van der Waals surface area contributed by atoms with Gasteiger partial charge in [0.05, 0.1) is 18.0 Å². The van der Waals surface area contributed by atoms with Crippen molar-refractivity contribution in [2.24, 2.45) is 5.10 Å². The molecular weight excluding hydrogens is 384 g/mol. The SMILES string of the molecule is O=C(N/N=C\c1ccco1)c1ccccc1OCc1ccc(Br)cc1. The van der Waals surface area contributed by atoms with Gasteiger partial charge in [0.15, 0.2) is 0 Å². The zero-order chi connectivity index (χ0) is 17.5. The number of ether oxygens (including phenoxy) is 1. The van der Waals surface area contributed by atoms with E-state index in [0.29, 0.717) is 23.7 Å². The molecule has 0 aliphatic carbocycles. The third-order valence-electron chi connectivity index (χ3n) is 3.34. The Morgan fingerprint density at radius 2 is 1.92 bits per heavy atom. The third-order valence-corrected chi connectivity index (χ3v) is 3.87. The van der Waals surface area contributed by atoms with Crippen molar-refractivity contribution in [1.82, 2.24) is 5.43 Å². The lowest BCUT2D eigenvalue weighted by Gasteiger charge is -2.10. The van der Waals surface area contributed by atoms with Crippen LogP contribution in [0.4, 0.5) is 0 Å². The highest BCUT2D eigenvalue weighted by atomic mass is 79.9. The second kappa shape index (κ2) is 8.30. The van der Waals surface area contributed by atoms with Crippen LogP contribution in [-0.4, -0.2) is 12.1 Å². The van der Waals surface area contributed by atoms with E-state index in [2.05, 4.69) is 26.5 Å². The molecule has 6 heteroatoms. The van der Waals surface area contributed by atoms with Crippen LogP contribution in [0.2, 0.25) is 0 Å². The van der Waals surface area contributed by atoms with Crippen molar-refractivity contribution in [2.75, 3.05) is 0 Å². The maximum Gasteiger partial charge on any atom is 0.275 e. The molecule has 25 heavy (non-hydrogen) atoms. The summed E-state index contributed by atoms with van der Waals surface area (Å²) in [6.07, 6.45) is 2.97. The Balaban J connectivity index is 1.65. The average Bonchev–Trinajstić information content (AvgIpc) is 3.15. The number of halogens is 1. The van der Waals surface area contributed by atoms with Crippen molar-refractivity contribution >= 4 is 28.1 Å². The molecule has 3 aromatic rings. The predicted molar refractivity (Wildman–Crippen MR) is 98.7 cm³/mol. The number of carbonyl (C=O) groups is 1. The fraction of sp³-hybridized carbons (Fsp3) is 0.0526. The van der Waals surface area contributed by atoms with Gasteiger partial charge in [0.2, 0.25) is 0 Å². The van der Waals surface area contributed by atoms with Gasteiger partial charge in [-0.05, 0) is 42.0 Å². The van der Waals surface area contributed by atoms with Gasteiger partial charge in [-0.3, -0.25) is 4.79 Å². The van der Waals surface area contributed by atoms with Crippen molar-refractivity contribution in [3.8, 4) is 5.75 Å². The Bertz CT molecular complexity index is 859. The number of nitrogens with one attached hydrogen (secondary N) is 1. The minimum absolute atomic E-state index is 0.353. The minimum atomic E-state index is -0.353. The second-order valence-corrected chi connectivity index (χ2v) is 6.04. The van der Waals surface area contributed by atoms with Crippen LogP contribution in [0, 0.1) is 0 Å². The number of rotatable bonds is 6. The van der Waals surface area contributed by atoms with E-state index in [1.165, 1.54) is 12.5 Å². The van der Waals surface area contributed by atoms with Crippen LogP contribution in [0.1, 0.15) is 21.7 Å². The Labute approximate surface area is 153 Å². The van der Waals surface area contributed by atoms with E-state index < -0.39 is 0 Å². The molecule has 0 aliphatic heterocycles. The van der Waals surface area contributed by atoms with E-state index in [1.54, 1.807) is 30.3 Å². The normalized spacial score (nSPS) is 10.8. The van der Waals surface area contributed by atoms with E-state index in [1.807, 2.05) is 30.3 Å². The predicted octanol–water partition coefficient (Wildman–Crippen LogP) is 4.39. The van der Waals surface area contributed by atoms with Crippen LogP contribution in [0.15, 0.2) is 80.9 Å². The van der Waals surface area contributed by atoms with Gasteiger partial charge in [-0.15, -0.1) is 0 Å². The first kappa shape index (κ1) is 17.0. The van der Waals surface area contributed by atoms with Crippen LogP contribution < -0.4 is 10.2 Å². The number of carbonyl (C=O) groups excluding carboxylic acids is 1. The zero-order valence-corrected chi connectivity index (χ0v) is 14.8. The van der Waals surface area contributed by atoms with Crippen LogP contribution in [-0.2, 0) is 6.61 Å². The lowest BCUT2D eigenvalue weighted by molar-refractivity contribution is 0.0950. The maximum atomic E-state index is 12.3. The molecule has 1 heterocycles. The second-order valence-electron chi connectivity index (χ2n) is 5.13. The highest BCUT2D eigenvalue weighted by Gasteiger charge is 2.11. The summed E-state index contributed by atoms with van der Waals surface area (Å²) in [7, 11) is 0. The summed E-state index contributed by atoms with van der Waals surface area (Å²) >= 11 is 3.40. The molecule has 126 valence electrons. The first-order valence-electron chi connectivity index (χ1n) is 7.55. The summed E-state index contributed by atoms with van der Waals surface area (Å²) in [4.78, 5) is 12.3. The zero-order valence-electron chi connectivity index (χ0n) is 13.2. The number of benzene rings is 2. The summed E-state index contributed by atoms with van der Waals surface area (Å²) in [5, 5.41) is 3.88. The van der Waals surface area contributed by atoms with Gasteiger partial charge in [-0.25, -0.2) is 5.43 Å². The van der Waals surface area contributed by atoms with E-state index in [4.69, 9.17) is 9.15 Å². The molecule has 3 rings (SSSR count). The number of hydrazone groups is 1. The Hall–Kier alpha value is -2.86. The van der Waals surface area contributed by atoms with Crippen LogP contribution >= 0.6 is 15.9 Å². The van der Waals surface area contributed by atoms with E-state index in [-0.39, 0.29) is 5.91 Å². The van der Waals surface area contributed by atoms with Crippen LogP contribution in [0.25, 0.3) is 0 Å². The number of furan rings is 1. The van der Waals surface area contributed by atoms with Gasteiger partial charge in [0.1, 0.15) is 18.1 Å². The van der Waals surface area contributed by atoms with Gasteiger partial charge >= 0.3 is 0 Å². The molecule has 1 aromatic heterocycles. The third kappa shape index (κ3) is 4.81. The molecule has 0 radical (unpaired) electrons. The largest absolute Gasteiger partial charge is 0.488 e. The fourth-order valence-electron chi connectivity index (χ4n) is 2.10. The first-order chi connectivity index (χ1) is 12.2. The van der Waals surface area contributed by atoms with Crippen LogP contribution in [0.3, 0.4) is 0 Å². The van der Waals surface area contributed by atoms with Gasteiger partial charge < -0.3 is 9.15 Å². The molecular formula is C19H15BrN2O3. The van der Waals surface area contributed by atoms with Crippen molar-refractivity contribution in [3.05, 3.63) is 88.3 Å². The smallest absolute Gasteiger partial charge is 0.275 e. The van der Waals surface area contributed by atoms with Crippen molar-refractivity contribution in [1.29, 1.82) is 0 Å². The highest BCUT2D eigenvalue weighted by molar-refractivity contribution is 9.10. The average molecular weight is 399 g/mol. The Morgan fingerprint density at radius 3 is 2.68 bits per heavy atom. The van der Waals surface area contributed by atoms with Crippen molar-refractivity contribution in [2.45, 2.75) is 6.61 Å². The molecule has 0 unspecified atom stereocenters. The lowest BCUT2D eigenvalue weighted by Crippen LogP contribution is -2.18. The van der Waals surface area contributed by atoms with Gasteiger partial charge in [-0.2, -0.15) is 5.10 Å². The summed E-state index contributed by atoms with van der Waals surface area (Å²) in [6.45, 7) is 0.368. The molecule has 1 amide bonds. The number of nitrogens with zero attached hydrogens (tertiary/aromatic N) is 1. The number of amides is 1. The Morgan fingerprint density at radius 1 is 1.12 bits per heavy atom. The number of hydrogen-bond acceptors (Lipinski definition) is 4. The quantitative estimate of drug-likeness (QED) is 0.494. The molecule has 0 aliphatic rings. The highest BCUT2D eigenvalue weighted by Crippen LogP contribution is 2.20. The van der Waals surface area contributed by atoms with E-state index in [0.717, 1.165) is 10.0 Å². The van der Waals surface area contributed by atoms with Gasteiger partial charge in [-0.1, -0.05) is 40.2 Å². The lowest BCUT2D eigenvalue weighted by atomic mass is 10.2. The molecule has 0 atom stereocenters. The van der Waals surface area contributed by atoms with Crippen LogP contribution in [0.5, 0.6) is 5.75 Å². The van der Waals surface area contributed by atoms with E-state index in [9.17, 15) is 4.79 Å². The standard InChI is InChI=1S/C19H15BrN2O3/c20-15-9-7-14(8-10-15)13-25-18-6-2-1-5-17(18)19(23)22-21-12-16-4-3-11-24-16/h1-12H,13H2,(H,22,23)/b21-12-. The summed E-state index contributed by atoms with van der Waals surface area (Å²) in [5.74, 6) is 0.699. The van der Waals surface area contributed by atoms with Gasteiger partial charge in [0, 0.05) is 4.47 Å². The molecule has 5 nitrogen and oxygen atoms in total. The molecule has 0 fully saturated rings. The number of para-hydroxylation sites is 1. The molecule has 0 spiro atoms. The molecule has 0 saturated carbocycles. The molecule has 0 saturated heterocycles. The molecule has 1 N–H and O–H groups in total. The fourth-order valence-corrected chi connectivity index (χ4v) is 2.37. The maximum absolute atomic E-state index is 12.3. The topological polar surface area (TPSA) is 63.8 Å². The van der Waals surface area contributed by atoms with E-state index >= 15 is 0 Å². The molecule has 2 aromatic carbocycles. The summed E-state index contributed by atoms with van der Waals surface area (Å²) < 4.78 is 11.9. The van der Waals surface area contributed by atoms with Crippen molar-refractivity contribution in [3.63, 3.8) is 0 Å². The van der Waals surface area contributed by atoms with Crippen molar-refractivity contribution < 1.29 is 13.9 Å². The summed E-state index contributed by atoms with van der Waals surface area (Å²) in [5.41, 5.74) is 3.89.